The Morgan fingerprint density at radius 1 is 0.889 bits per heavy atom. The number of hydrogen-bond donors (Lipinski definition) is 1. The Labute approximate surface area is 159 Å². The van der Waals surface area contributed by atoms with Crippen molar-refractivity contribution < 1.29 is 14.3 Å². The van der Waals surface area contributed by atoms with Crippen molar-refractivity contribution in [1.29, 1.82) is 0 Å². The number of benzene rings is 3. The molecule has 0 spiro atoms. The number of rotatable bonds is 6. The van der Waals surface area contributed by atoms with Crippen LogP contribution in [-0.4, -0.2) is 12.5 Å². The number of hydrogen-bond acceptors (Lipinski definition) is 3. The number of amides is 1. The van der Waals surface area contributed by atoms with Crippen LogP contribution in [0.25, 0.3) is 0 Å². The van der Waals surface area contributed by atoms with Crippen LogP contribution in [0.1, 0.15) is 16.7 Å². The Hall–Kier alpha value is -3.27. The average molecular weight is 361 g/mol. The molecular formula is C23H23NO3. The summed E-state index contributed by atoms with van der Waals surface area (Å²) >= 11 is 0. The number of carbonyl (C=O) groups is 1. The smallest absolute Gasteiger partial charge is 0.262 e. The van der Waals surface area contributed by atoms with Gasteiger partial charge in [0, 0.05) is 5.69 Å². The van der Waals surface area contributed by atoms with Crippen molar-refractivity contribution in [3.05, 3.63) is 83.4 Å². The van der Waals surface area contributed by atoms with Crippen molar-refractivity contribution >= 4 is 11.6 Å². The molecule has 0 unspecified atom stereocenters. The molecule has 0 saturated carbocycles. The molecule has 27 heavy (non-hydrogen) atoms. The largest absolute Gasteiger partial charge is 0.483 e. The van der Waals surface area contributed by atoms with Gasteiger partial charge in [-0.2, -0.15) is 0 Å². The van der Waals surface area contributed by atoms with Gasteiger partial charge in [0.25, 0.3) is 5.91 Å². The third-order valence-corrected chi connectivity index (χ3v) is 4.24. The van der Waals surface area contributed by atoms with Crippen LogP contribution in [0, 0.1) is 20.8 Å². The van der Waals surface area contributed by atoms with Gasteiger partial charge < -0.3 is 14.8 Å². The summed E-state index contributed by atoms with van der Waals surface area (Å²) in [6, 6.07) is 20.8. The van der Waals surface area contributed by atoms with Crippen LogP contribution in [0.5, 0.6) is 17.2 Å². The fourth-order valence-corrected chi connectivity index (χ4v) is 2.72. The van der Waals surface area contributed by atoms with Crippen molar-refractivity contribution in [2.24, 2.45) is 0 Å². The fraction of sp³-hybridized carbons (Fsp3) is 0.174. The molecule has 0 radical (unpaired) electrons. The molecule has 4 heteroatoms. The molecule has 138 valence electrons. The van der Waals surface area contributed by atoms with Crippen molar-refractivity contribution in [3.63, 3.8) is 0 Å². The Bertz CT molecular complexity index is 918. The van der Waals surface area contributed by atoms with Crippen molar-refractivity contribution in [1.82, 2.24) is 0 Å². The molecule has 1 amide bonds. The van der Waals surface area contributed by atoms with Gasteiger partial charge in [0.15, 0.2) is 6.61 Å². The second-order valence-corrected chi connectivity index (χ2v) is 6.48. The predicted molar refractivity (Wildman–Crippen MR) is 108 cm³/mol. The van der Waals surface area contributed by atoms with Gasteiger partial charge in [0.2, 0.25) is 0 Å². The zero-order chi connectivity index (χ0) is 19.2. The Morgan fingerprint density at radius 2 is 1.56 bits per heavy atom. The van der Waals surface area contributed by atoms with E-state index in [1.54, 1.807) is 12.1 Å². The molecule has 3 aromatic carbocycles. The van der Waals surface area contributed by atoms with E-state index in [-0.39, 0.29) is 12.5 Å². The average Bonchev–Trinajstić information content (AvgIpc) is 2.66. The van der Waals surface area contributed by atoms with Gasteiger partial charge in [-0.1, -0.05) is 24.3 Å². The summed E-state index contributed by atoms with van der Waals surface area (Å²) in [4.78, 5) is 12.2. The molecule has 1 N–H and O–H groups in total. The normalized spacial score (nSPS) is 10.3. The van der Waals surface area contributed by atoms with Gasteiger partial charge in [-0.05, 0) is 79.9 Å². The van der Waals surface area contributed by atoms with Crippen LogP contribution < -0.4 is 14.8 Å². The van der Waals surface area contributed by atoms with E-state index in [2.05, 4.69) is 11.4 Å². The molecule has 0 aliphatic heterocycles. The lowest BCUT2D eigenvalue weighted by molar-refractivity contribution is -0.118. The SMILES string of the molecule is Cc1cc(C)c(C)c(OCC(=O)Nc2ccc(Oc3ccccc3)cc2)c1. The van der Waals surface area contributed by atoms with Crippen LogP contribution in [0.4, 0.5) is 5.69 Å². The predicted octanol–water partition coefficient (Wildman–Crippen LogP) is 5.42. The number of nitrogens with one attached hydrogen (secondary N) is 1. The maximum Gasteiger partial charge on any atom is 0.262 e. The van der Waals surface area contributed by atoms with Gasteiger partial charge >= 0.3 is 0 Å². The highest BCUT2D eigenvalue weighted by atomic mass is 16.5. The molecule has 0 saturated heterocycles. The van der Waals surface area contributed by atoms with E-state index >= 15 is 0 Å². The van der Waals surface area contributed by atoms with E-state index in [1.807, 2.05) is 69.3 Å². The summed E-state index contributed by atoms with van der Waals surface area (Å²) in [6.45, 7) is 6.01. The first-order chi connectivity index (χ1) is 13.0. The quantitative estimate of drug-likeness (QED) is 0.637. The van der Waals surface area contributed by atoms with Crippen molar-refractivity contribution in [3.8, 4) is 17.2 Å². The standard InChI is InChI=1S/C23H23NO3/c1-16-13-17(2)18(3)22(14-16)26-15-23(25)24-19-9-11-21(12-10-19)27-20-7-5-4-6-8-20/h4-14H,15H2,1-3H3,(H,24,25). The minimum atomic E-state index is -0.203. The van der Waals surface area contributed by atoms with E-state index in [0.717, 1.165) is 28.2 Å². The maximum absolute atomic E-state index is 12.2. The first-order valence-corrected chi connectivity index (χ1v) is 8.85. The molecule has 0 aliphatic carbocycles. The number of ether oxygens (including phenoxy) is 2. The van der Waals surface area contributed by atoms with Gasteiger partial charge in [0.1, 0.15) is 17.2 Å². The summed E-state index contributed by atoms with van der Waals surface area (Å²) < 4.78 is 11.4. The van der Waals surface area contributed by atoms with E-state index in [4.69, 9.17) is 9.47 Å². The first-order valence-electron chi connectivity index (χ1n) is 8.85. The summed E-state index contributed by atoms with van der Waals surface area (Å²) in [5.74, 6) is 2.02. The van der Waals surface area contributed by atoms with Gasteiger partial charge in [-0.25, -0.2) is 0 Å². The third-order valence-electron chi connectivity index (χ3n) is 4.24. The lowest BCUT2D eigenvalue weighted by Gasteiger charge is -2.12. The van der Waals surface area contributed by atoms with E-state index in [0.29, 0.717) is 11.4 Å². The van der Waals surface area contributed by atoms with Gasteiger partial charge in [0.05, 0.1) is 0 Å². The van der Waals surface area contributed by atoms with Crippen LogP contribution in [0.2, 0.25) is 0 Å². The molecule has 3 rings (SSSR count). The van der Waals surface area contributed by atoms with Crippen molar-refractivity contribution in [2.45, 2.75) is 20.8 Å². The van der Waals surface area contributed by atoms with Crippen LogP contribution >= 0.6 is 0 Å². The Morgan fingerprint density at radius 3 is 2.26 bits per heavy atom. The molecule has 0 atom stereocenters. The van der Waals surface area contributed by atoms with E-state index in [9.17, 15) is 4.79 Å². The second kappa shape index (κ2) is 8.41. The Balaban J connectivity index is 1.55. The van der Waals surface area contributed by atoms with Gasteiger partial charge in [-0.3, -0.25) is 4.79 Å². The molecule has 0 aliphatic rings. The monoisotopic (exact) mass is 361 g/mol. The lowest BCUT2D eigenvalue weighted by Crippen LogP contribution is -2.20. The number of carbonyl (C=O) groups excluding carboxylic acids is 1. The van der Waals surface area contributed by atoms with Crippen LogP contribution in [-0.2, 0) is 4.79 Å². The highest BCUT2D eigenvalue weighted by molar-refractivity contribution is 5.91. The topological polar surface area (TPSA) is 47.6 Å². The third kappa shape index (κ3) is 5.11. The van der Waals surface area contributed by atoms with Gasteiger partial charge in [-0.15, -0.1) is 0 Å². The second-order valence-electron chi connectivity index (χ2n) is 6.48. The number of para-hydroxylation sites is 1. The molecule has 0 heterocycles. The molecular weight excluding hydrogens is 338 g/mol. The maximum atomic E-state index is 12.2. The highest BCUT2D eigenvalue weighted by Gasteiger charge is 2.08. The first kappa shape index (κ1) is 18.5. The minimum Gasteiger partial charge on any atom is -0.483 e. The molecule has 0 bridgehead atoms. The Kier molecular flexibility index (Phi) is 5.77. The molecule has 3 aromatic rings. The molecule has 4 nitrogen and oxygen atoms in total. The summed E-state index contributed by atoms with van der Waals surface area (Å²) in [6.07, 6.45) is 0. The number of aryl methyl sites for hydroxylation is 2. The molecule has 0 fully saturated rings. The fourth-order valence-electron chi connectivity index (χ4n) is 2.72. The summed E-state index contributed by atoms with van der Waals surface area (Å²) in [5.41, 5.74) is 4.01. The molecule has 0 aromatic heterocycles. The van der Waals surface area contributed by atoms with Crippen molar-refractivity contribution in [2.75, 3.05) is 11.9 Å². The van der Waals surface area contributed by atoms with E-state index in [1.165, 1.54) is 0 Å². The van der Waals surface area contributed by atoms with Crippen LogP contribution in [0.3, 0.4) is 0 Å². The lowest BCUT2D eigenvalue weighted by atomic mass is 10.1. The van der Waals surface area contributed by atoms with Crippen LogP contribution in [0.15, 0.2) is 66.7 Å². The summed E-state index contributed by atoms with van der Waals surface area (Å²) in [7, 11) is 0. The number of anilines is 1. The zero-order valence-corrected chi connectivity index (χ0v) is 15.8. The minimum absolute atomic E-state index is 0.0357. The highest BCUT2D eigenvalue weighted by Crippen LogP contribution is 2.24. The summed E-state index contributed by atoms with van der Waals surface area (Å²) in [5, 5.41) is 2.83. The zero-order valence-electron chi connectivity index (χ0n) is 15.8. The van der Waals surface area contributed by atoms with E-state index < -0.39 is 0 Å².